The molecule has 1 atom stereocenters. The molecule has 9 nitrogen and oxygen atoms in total. The van der Waals surface area contributed by atoms with Crippen LogP contribution >= 0.6 is 0 Å². The van der Waals surface area contributed by atoms with Crippen LogP contribution in [0.1, 0.15) is 28.5 Å². The Morgan fingerprint density at radius 2 is 1.75 bits per heavy atom. The number of furan rings is 1. The summed E-state index contributed by atoms with van der Waals surface area (Å²) in [5.74, 6) is 2.68. The Bertz CT molecular complexity index is 1720. The second-order valence-corrected chi connectivity index (χ2v) is 8.47. The zero-order valence-corrected chi connectivity index (χ0v) is 19.5. The molecule has 0 radical (unpaired) electrons. The van der Waals surface area contributed by atoms with Crippen molar-refractivity contribution in [2.75, 3.05) is 7.11 Å². The van der Waals surface area contributed by atoms with Gasteiger partial charge in [-0.05, 0) is 43.3 Å². The summed E-state index contributed by atoms with van der Waals surface area (Å²) < 4.78 is 21.4. The van der Waals surface area contributed by atoms with Gasteiger partial charge >= 0.3 is 0 Å². The van der Waals surface area contributed by atoms with Crippen LogP contribution in [0.15, 0.2) is 83.7 Å². The van der Waals surface area contributed by atoms with E-state index in [0.717, 1.165) is 33.8 Å². The Morgan fingerprint density at radius 3 is 2.56 bits per heavy atom. The largest absolute Gasteiger partial charge is 0.496 e. The molecular weight excluding hydrogens is 456 g/mol. The first-order valence-corrected chi connectivity index (χ1v) is 11.5. The van der Waals surface area contributed by atoms with Crippen molar-refractivity contribution in [3.05, 3.63) is 102 Å². The third-order valence-corrected chi connectivity index (χ3v) is 6.40. The van der Waals surface area contributed by atoms with Gasteiger partial charge in [0.2, 0.25) is 11.8 Å². The third kappa shape index (κ3) is 2.96. The maximum absolute atomic E-state index is 6.42. The summed E-state index contributed by atoms with van der Waals surface area (Å²) >= 11 is 0. The minimum atomic E-state index is -0.331. The van der Waals surface area contributed by atoms with Crippen LogP contribution in [-0.2, 0) is 0 Å². The van der Waals surface area contributed by atoms with E-state index in [4.69, 9.17) is 29.1 Å². The van der Waals surface area contributed by atoms with Crippen molar-refractivity contribution in [1.29, 1.82) is 0 Å². The Kier molecular flexibility index (Phi) is 4.44. The molecule has 9 heteroatoms. The number of methoxy groups -OCH3 is 1. The van der Waals surface area contributed by atoms with Crippen LogP contribution in [0, 0.1) is 6.92 Å². The molecule has 0 unspecified atom stereocenters. The molecule has 0 saturated carbocycles. The predicted molar refractivity (Wildman–Crippen MR) is 131 cm³/mol. The van der Waals surface area contributed by atoms with Gasteiger partial charge in [-0.15, -0.1) is 5.10 Å². The van der Waals surface area contributed by atoms with Crippen molar-refractivity contribution in [1.82, 2.24) is 29.4 Å². The standard InChI is InChI=1S/C27H20N6O3/c1-16-21-22(20-13-8-14-35-20)23-25-29-24(18-11-6-7-12-19(18)34-2)31-32(25)15-28-26(23)36-27(21)33(30-16)17-9-4-3-5-10-17/h3-15,22H,1-2H3/t22-/m0/s1. The Labute approximate surface area is 205 Å². The number of hydrogen-bond donors (Lipinski definition) is 0. The molecule has 0 spiro atoms. The van der Waals surface area contributed by atoms with Gasteiger partial charge < -0.3 is 13.9 Å². The van der Waals surface area contributed by atoms with E-state index in [1.165, 1.54) is 0 Å². The lowest BCUT2D eigenvalue weighted by Crippen LogP contribution is -2.15. The highest BCUT2D eigenvalue weighted by molar-refractivity contribution is 5.70. The van der Waals surface area contributed by atoms with E-state index in [9.17, 15) is 0 Å². The summed E-state index contributed by atoms with van der Waals surface area (Å²) in [5.41, 5.74) is 4.80. The van der Waals surface area contributed by atoms with Crippen molar-refractivity contribution in [3.8, 4) is 34.6 Å². The number of aromatic nitrogens is 6. The van der Waals surface area contributed by atoms with E-state index in [-0.39, 0.29) is 5.92 Å². The highest BCUT2D eigenvalue weighted by Gasteiger charge is 2.39. The van der Waals surface area contributed by atoms with Gasteiger partial charge in [0.15, 0.2) is 11.5 Å². The minimum Gasteiger partial charge on any atom is -0.496 e. The van der Waals surface area contributed by atoms with Gasteiger partial charge in [-0.3, -0.25) is 0 Å². The average molecular weight is 476 g/mol. The molecule has 2 aromatic carbocycles. The van der Waals surface area contributed by atoms with Gasteiger partial charge in [-0.1, -0.05) is 30.3 Å². The molecule has 7 rings (SSSR count). The van der Waals surface area contributed by atoms with E-state index in [0.29, 0.717) is 29.0 Å². The minimum absolute atomic E-state index is 0.331. The quantitative estimate of drug-likeness (QED) is 0.346. The average Bonchev–Trinajstić information content (AvgIpc) is 3.67. The number of nitrogens with zero attached hydrogens (tertiary/aromatic N) is 6. The lowest BCUT2D eigenvalue weighted by molar-refractivity contribution is 0.392. The lowest BCUT2D eigenvalue weighted by Gasteiger charge is -2.24. The van der Waals surface area contributed by atoms with Crippen molar-refractivity contribution in [2.45, 2.75) is 12.8 Å². The summed E-state index contributed by atoms with van der Waals surface area (Å²) in [6, 6.07) is 21.4. The maximum atomic E-state index is 6.42. The summed E-state index contributed by atoms with van der Waals surface area (Å²) in [5, 5.41) is 9.53. The fourth-order valence-corrected chi connectivity index (χ4v) is 4.81. The number of fused-ring (bicyclic) bond motifs is 4. The molecule has 4 aromatic heterocycles. The van der Waals surface area contributed by atoms with Crippen molar-refractivity contribution in [3.63, 3.8) is 0 Å². The number of rotatable bonds is 4. The summed E-state index contributed by atoms with van der Waals surface area (Å²) in [6.45, 7) is 1.97. The lowest BCUT2D eigenvalue weighted by atomic mass is 9.88. The van der Waals surface area contributed by atoms with Crippen LogP contribution in [0.4, 0.5) is 0 Å². The number of benzene rings is 2. The third-order valence-electron chi connectivity index (χ3n) is 6.40. The van der Waals surface area contributed by atoms with Gasteiger partial charge in [0.25, 0.3) is 0 Å². The molecule has 0 aliphatic carbocycles. The van der Waals surface area contributed by atoms with E-state index in [1.807, 2.05) is 73.7 Å². The molecule has 0 bridgehead atoms. The zero-order valence-electron chi connectivity index (χ0n) is 19.5. The molecule has 0 saturated heterocycles. The summed E-state index contributed by atoms with van der Waals surface area (Å²) in [4.78, 5) is 9.54. The molecular formula is C27H20N6O3. The molecule has 0 N–H and O–H groups in total. The first kappa shape index (κ1) is 20.5. The van der Waals surface area contributed by atoms with Gasteiger partial charge in [-0.2, -0.15) is 5.10 Å². The first-order valence-electron chi connectivity index (χ1n) is 11.5. The molecule has 6 aromatic rings. The fraction of sp³-hybridized carbons (Fsp3) is 0.111. The van der Waals surface area contributed by atoms with Crippen LogP contribution in [0.3, 0.4) is 0 Å². The van der Waals surface area contributed by atoms with Crippen LogP contribution in [-0.4, -0.2) is 36.5 Å². The normalized spacial score (nSPS) is 14.3. The summed E-state index contributed by atoms with van der Waals surface area (Å²) in [6.07, 6.45) is 3.28. The highest BCUT2D eigenvalue weighted by Crippen LogP contribution is 2.49. The predicted octanol–water partition coefficient (Wildman–Crippen LogP) is 5.17. The van der Waals surface area contributed by atoms with Crippen molar-refractivity contribution < 1.29 is 13.9 Å². The van der Waals surface area contributed by atoms with Gasteiger partial charge in [-0.25, -0.2) is 19.2 Å². The molecule has 0 fully saturated rings. The second-order valence-electron chi connectivity index (χ2n) is 8.47. The van der Waals surface area contributed by atoms with Gasteiger partial charge in [0.1, 0.15) is 17.8 Å². The number of hydrogen-bond acceptors (Lipinski definition) is 7. The number of ether oxygens (including phenoxy) is 2. The SMILES string of the molecule is COc1ccccc1-c1nc2c3c(ncn2n1)Oc1c(c(C)nn1-c1ccccc1)[C@@H]3c1ccco1. The molecule has 176 valence electrons. The fourth-order valence-electron chi connectivity index (χ4n) is 4.81. The molecule has 5 heterocycles. The molecule has 1 aliphatic heterocycles. The smallest absolute Gasteiger partial charge is 0.230 e. The van der Waals surface area contributed by atoms with Crippen LogP contribution in [0.25, 0.3) is 22.7 Å². The Hall–Kier alpha value is -4.92. The number of para-hydroxylation sites is 2. The number of aryl methyl sites for hydroxylation is 1. The summed E-state index contributed by atoms with van der Waals surface area (Å²) in [7, 11) is 1.63. The van der Waals surface area contributed by atoms with E-state index < -0.39 is 0 Å². The van der Waals surface area contributed by atoms with Crippen molar-refractivity contribution in [2.24, 2.45) is 0 Å². The zero-order chi connectivity index (χ0) is 24.2. The second kappa shape index (κ2) is 7.81. The Balaban J connectivity index is 1.48. The topological polar surface area (TPSA) is 92.5 Å². The molecule has 0 amide bonds. The van der Waals surface area contributed by atoms with Crippen molar-refractivity contribution >= 4 is 5.65 Å². The monoisotopic (exact) mass is 476 g/mol. The van der Waals surface area contributed by atoms with Crippen LogP contribution in [0.2, 0.25) is 0 Å². The highest BCUT2D eigenvalue weighted by atomic mass is 16.5. The van der Waals surface area contributed by atoms with E-state index in [1.54, 1.807) is 28.9 Å². The van der Waals surface area contributed by atoms with Crippen LogP contribution in [0.5, 0.6) is 17.5 Å². The molecule has 1 aliphatic rings. The van der Waals surface area contributed by atoms with Gasteiger partial charge in [0, 0.05) is 0 Å². The van der Waals surface area contributed by atoms with Gasteiger partial charge in [0.05, 0.1) is 47.4 Å². The maximum Gasteiger partial charge on any atom is 0.230 e. The molecule has 36 heavy (non-hydrogen) atoms. The van der Waals surface area contributed by atoms with Crippen LogP contribution < -0.4 is 9.47 Å². The Morgan fingerprint density at radius 1 is 0.917 bits per heavy atom. The van der Waals surface area contributed by atoms with E-state index in [2.05, 4.69) is 4.98 Å². The van der Waals surface area contributed by atoms with E-state index >= 15 is 0 Å². The first-order chi connectivity index (χ1) is 17.7.